The van der Waals surface area contributed by atoms with Crippen LogP contribution in [0.25, 0.3) is 0 Å². The van der Waals surface area contributed by atoms with Crippen LogP contribution in [0.5, 0.6) is 0 Å². The zero-order valence-corrected chi connectivity index (χ0v) is 11.3. The van der Waals surface area contributed by atoms with Crippen molar-refractivity contribution in [3.05, 3.63) is 24.3 Å². The van der Waals surface area contributed by atoms with Crippen LogP contribution in [0.1, 0.15) is 32.6 Å². The molecule has 0 radical (unpaired) electrons. The molecule has 1 unspecified atom stereocenters. The molecule has 2 aliphatic rings. The number of hydrogen-bond donors (Lipinski definition) is 0. The van der Waals surface area contributed by atoms with Crippen LogP contribution in [-0.2, 0) is 4.79 Å². The Balaban J connectivity index is 1.87. The Labute approximate surface area is 110 Å². The molecule has 0 saturated carbocycles. The van der Waals surface area contributed by atoms with E-state index in [1.807, 2.05) is 25.2 Å². The predicted octanol–water partition coefficient (Wildman–Crippen LogP) is 2.21. The van der Waals surface area contributed by atoms with Gasteiger partial charge in [-0.25, -0.2) is 0 Å². The quantitative estimate of drug-likeness (QED) is 0.562. The second-order valence-corrected chi connectivity index (χ2v) is 5.22. The molecule has 0 aromatic rings. The summed E-state index contributed by atoms with van der Waals surface area (Å²) in [6, 6.07) is 0.436. The molecule has 0 N–H and O–H groups in total. The first-order valence-corrected chi connectivity index (χ1v) is 7.13. The Bertz CT molecular complexity index is 329. The molecule has 2 rings (SSSR count). The summed E-state index contributed by atoms with van der Waals surface area (Å²) < 4.78 is 0. The molecular weight excluding hydrogens is 224 g/mol. The lowest BCUT2D eigenvalue weighted by atomic mass is 10.2. The highest BCUT2D eigenvalue weighted by Gasteiger charge is 2.29. The molecule has 0 aliphatic carbocycles. The minimum atomic E-state index is 0.176. The highest BCUT2D eigenvalue weighted by molar-refractivity contribution is 5.88. The van der Waals surface area contributed by atoms with Crippen LogP contribution in [0.3, 0.4) is 0 Å². The van der Waals surface area contributed by atoms with E-state index in [0.29, 0.717) is 6.04 Å². The lowest BCUT2D eigenvalue weighted by Crippen LogP contribution is -2.41. The fraction of sp³-hybridized carbons (Fsp3) is 0.667. The second kappa shape index (κ2) is 6.74. The van der Waals surface area contributed by atoms with E-state index < -0.39 is 0 Å². The Morgan fingerprint density at radius 2 is 1.94 bits per heavy atom. The van der Waals surface area contributed by atoms with Crippen LogP contribution in [0.4, 0.5) is 0 Å². The Kier molecular flexibility index (Phi) is 5.00. The summed E-state index contributed by atoms with van der Waals surface area (Å²) in [6.07, 6.45) is 12.3. The van der Waals surface area contributed by atoms with Gasteiger partial charge in [-0.3, -0.25) is 4.79 Å². The monoisotopic (exact) mass is 248 g/mol. The van der Waals surface area contributed by atoms with Crippen LogP contribution in [0.15, 0.2) is 24.3 Å². The summed E-state index contributed by atoms with van der Waals surface area (Å²) in [6.45, 7) is 6.39. The summed E-state index contributed by atoms with van der Waals surface area (Å²) in [5.41, 5.74) is 0. The van der Waals surface area contributed by atoms with E-state index in [1.54, 1.807) is 6.08 Å². The fourth-order valence-electron chi connectivity index (χ4n) is 2.92. The zero-order valence-electron chi connectivity index (χ0n) is 11.3. The van der Waals surface area contributed by atoms with Crippen molar-refractivity contribution in [1.29, 1.82) is 0 Å². The molecule has 2 saturated heterocycles. The third-order valence-corrected chi connectivity index (χ3v) is 3.87. The number of carbonyl (C=O) groups excluding carboxylic acids is 1. The van der Waals surface area contributed by atoms with Gasteiger partial charge in [-0.1, -0.05) is 18.2 Å². The summed E-state index contributed by atoms with van der Waals surface area (Å²) in [4.78, 5) is 16.7. The molecule has 2 fully saturated rings. The molecule has 1 atom stereocenters. The van der Waals surface area contributed by atoms with Crippen molar-refractivity contribution in [3.63, 3.8) is 0 Å². The lowest BCUT2D eigenvalue weighted by Gasteiger charge is -2.27. The van der Waals surface area contributed by atoms with Gasteiger partial charge in [-0.15, -0.1) is 0 Å². The molecule has 2 heterocycles. The van der Waals surface area contributed by atoms with Crippen LogP contribution < -0.4 is 0 Å². The molecule has 18 heavy (non-hydrogen) atoms. The second-order valence-electron chi connectivity index (χ2n) is 5.22. The van der Waals surface area contributed by atoms with E-state index in [1.165, 1.54) is 32.4 Å². The van der Waals surface area contributed by atoms with Gasteiger partial charge in [0.15, 0.2) is 0 Å². The first kappa shape index (κ1) is 13.3. The van der Waals surface area contributed by atoms with Gasteiger partial charge in [0.05, 0.1) is 0 Å². The largest absolute Gasteiger partial charge is 0.335 e. The van der Waals surface area contributed by atoms with Gasteiger partial charge in [0.1, 0.15) is 0 Å². The van der Waals surface area contributed by atoms with Gasteiger partial charge in [-0.05, 0) is 45.7 Å². The molecule has 0 spiro atoms. The standard InChI is InChI=1S/C15H24N2O/c1-2-3-4-9-15(18)17-12-7-8-14(17)13-16-10-5-6-11-16/h2-4,9,14H,5-8,10-13H2,1H3/b3-2+,9-4+. The molecule has 1 amide bonds. The normalized spacial score (nSPS) is 25.8. The molecular formula is C15H24N2O. The Morgan fingerprint density at radius 1 is 1.17 bits per heavy atom. The third kappa shape index (κ3) is 3.45. The van der Waals surface area contributed by atoms with Gasteiger partial charge < -0.3 is 9.80 Å². The van der Waals surface area contributed by atoms with E-state index in [0.717, 1.165) is 19.5 Å². The molecule has 3 heteroatoms. The van der Waals surface area contributed by atoms with Gasteiger partial charge >= 0.3 is 0 Å². The third-order valence-electron chi connectivity index (χ3n) is 3.87. The number of rotatable bonds is 4. The number of hydrogen-bond acceptors (Lipinski definition) is 2. The minimum Gasteiger partial charge on any atom is -0.335 e. The minimum absolute atomic E-state index is 0.176. The smallest absolute Gasteiger partial charge is 0.246 e. The number of amides is 1. The maximum atomic E-state index is 12.1. The molecule has 0 aromatic carbocycles. The van der Waals surface area contributed by atoms with Gasteiger partial charge in [0, 0.05) is 25.2 Å². The van der Waals surface area contributed by atoms with Crippen LogP contribution in [0, 0.1) is 0 Å². The maximum absolute atomic E-state index is 12.1. The van der Waals surface area contributed by atoms with Gasteiger partial charge in [0.25, 0.3) is 0 Å². The highest BCUT2D eigenvalue weighted by Crippen LogP contribution is 2.20. The first-order valence-electron chi connectivity index (χ1n) is 7.13. The number of allylic oxidation sites excluding steroid dienone is 3. The molecule has 2 aliphatic heterocycles. The van der Waals surface area contributed by atoms with Crippen LogP contribution >= 0.6 is 0 Å². The predicted molar refractivity (Wildman–Crippen MR) is 74.4 cm³/mol. The van der Waals surface area contributed by atoms with Gasteiger partial charge in [0.2, 0.25) is 5.91 Å². The summed E-state index contributed by atoms with van der Waals surface area (Å²) in [5, 5.41) is 0. The van der Waals surface area contributed by atoms with Crippen molar-refractivity contribution in [3.8, 4) is 0 Å². The Morgan fingerprint density at radius 3 is 2.67 bits per heavy atom. The SMILES string of the molecule is C/C=C/C=C/C(=O)N1CCCC1CN1CCCC1. The van der Waals surface area contributed by atoms with Gasteiger partial charge in [-0.2, -0.15) is 0 Å². The highest BCUT2D eigenvalue weighted by atomic mass is 16.2. The average molecular weight is 248 g/mol. The number of likely N-dealkylation sites (tertiary alicyclic amines) is 2. The number of carbonyl (C=O) groups is 1. The maximum Gasteiger partial charge on any atom is 0.246 e. The van der Waals surface area contributed by atoms with E-state index in [2.05, 4.69) is 9.80 Å². The van der Waals surface area contributed by atoms with Crippen molar-refractivity contribution in [2.75, 3.05) is 26.2 Å². The van der Waals surface area contributed by atoms with E-state index in [9.17, 15) is 4.79 Å². The average Bonchev–Trinajstić information content (AvgIpc) is 3.01. The molecule has 100 valence electrons. The number of nitrogens with zero attached hydrogens (tertiary/aromatic N) is 2. The summed E-state index contributed by atoms with van der Waals surface area (Å²) in [5.74, 6) is 0.176. The van der Waals surface area contributed by atoms with Crippen molar-refractivity contribution in [2.45, 2.75) is 38.6 Å². The first-order chi connectivity index (χ1) is 8.81. The van der Waals surface area contributed by atoms with E-state index in [4.69, 9.17) is 0 Å². The van der Waals surface area contributed by atoms with Crippen molar-refractivity contribution < 1.29 is 4.79 Å². The topological polar surface area (TPSA) is 23.6 Å². The van der Waals surface area contributed by atoms with E-state index >= 15 is 0 Å². The van der Waals surface area contributed by atoms with E-state index in [-0.39, 0.29) is 5.91 Å². The Hall–Kier alpha value is -1.09. The lowest BCUT2D eigenvalue weighted by molar-refractivity contribution is -0.127. The summed E-state index contributed by atoms with van der Waals surface area (Å²) >= 11 is 0. The molecule has 0 aromatic heterocycles. The van der Waals surface area contributed by atoms with Crippen molar-refractivity contribution >= 4 is 5.91 Å². The zero-order chi connectivity index (χ0) is 12.8. The summed E-state index contributed by atoms with van der Waals surface area (Å²) in [7, 11) is 0. The van der Waals surface area contributed by atoms with Crippen molar-refractivity contribution in [1.82, 2.24) is 9.80 Å². The van der Waals surface area contributed by atoms with Crippen molar-refractivity contribution in [2.24, 2.45) is 0 Å². The van der Waals surface area contributed by atoms with Crippen LogP contribution in [-0.4, -0.2) is 47.9 Å². The fourth-order valence-corrected chi connectivity index (χ4v) is 2.92. The molecule has 0 bridgehead atoms. The van der Waals surface area contributed by atoms with Crippen LogP contribution in [0.2, 0.25) is 0 Å². The molecule has 3 nitrogen and oxygen atoms in total.